The van der Waals surface area contributed by atoms with Crippen molar-refractivity contribution in [2.45, 2.75) is 26.2 Å². The number of ketones is 1. The molecular weight excluding hydrogens is 100 g/mol. The first-order valence-electron chi connectivity index (χ1n) is 3.13. The van der Waals surface area contributed by atoms with Crippen molar-refractivity contribution in [3.8, 4) is 0 Å². The summed E-state index contributed by atoms with van der Waals surface area (Å²) in [5.74, 6) is 0.730. The summed E-state index contributed by atoms with van der Waals surface area (Å²) >= 11 is 0. The van der Waals surface area contributed by atoms with Gasteiger partial charge in [0.2, 0.25) is 0 Å². The van der Waals surface area contributed by atoms with Gasteiger partial charge in [0.05, 0.1) is 0 Å². The minimum absolute atomic E-state index is 0.360. The molecule has 1 unspecified atom stereocenters. The molecule has 0 N–H and O–H groups in total. The first-order valence-corrected chi connectivity index (χ1v) is 3.13. The summed E-state index contributed by atoms with van der Waals surface area (Å²) in [4.78, 5) is 10.6. The summed E-state index contributed by atoms with van der Waals surface area (Å²) in [5.41, 5.74) is 0. The van der Waals surface area contributed by atoms with Crippen LogP contribution in [0.4, 0.5) is 0 Å². The third kappa shape index (κ3) is 1.09. The maximum atomic E-state index is 10.6. The van der Waals surface area contributed by atoms with Crippen molar-refractivity contribution in [1.29, 1.82) is 0 Å². The number of carbonyl (C=O) groups excluding carboxylic acids is 1. The zero-order chi connectivity index (χ0) is 5.98. The van der Waals surface area contributed by atoms with Crippen molar-refractivity contribution >= 4 is 5.78 Å². The van der Waals surface area contributed by atoms with Gasteiger partial charge in [-0.05, 0) is 32.6 Å². The lowest BCUT2D eigenvalue weighted by molar-refractivity contribution is -0.120. The highest BCUT2D eigenvalue weighted by atomic mass is 16.1. The Hall–Kier alpha value is -0.330. The zero-order valence-electron chi connectivity index (χ0n) is 5.18. The standard InChI is InChI=1S/C7H11O/c1-6(8)7-4-2-3-5-7/h2,7H,3-5H2,1H3. The molecule has 1 aliphatic carbocycles. The van der Waals surface area contributed by atoms with E-state index in [1.165, 1.54) is 0 Å². The fourth-order valence-corrected chi connectivity index (χ4v) is 1.13. The van der Waals surface area contributed by atoms with Crippen molar-refractivity contribution in [3.05, 3.63) is 6.42 Å². The normalized spacial score (nSPS) is 21.6. The second-order valence-electron chi connectivity index (χ2n) is 2.41. The molecule has 1 fully saturated rings. The molecule has 0 aliphatic heterocycles. The lowest BCUT2D eigenvalue weighted by Crippen LogP contribution is -2.04. The Kier molecular flexibility index (Phi) is 1.66. The topological polar surface area (TPSA) is 17.1 Å². The summed E-state index contributed by atoms with van der Waals surface area (Å²) in [7, 11) is 0. The van der Waals surface area contributed by atoms with E-state index in [0.29, 0.717) is 11.7 Å². The van der Waals surface area contributed by atoms with Gasteiger partial charge in [-0.1, -0.05) is 0 Å². The first-order chi connectivity index (χ1) is 3.80. The molecule has 1 nitrogen and oxygen atoms in total. The molecule has 1 heteroatoms. The van der Waals surface area contributed by atoms with E-state index in [0.717, 1.165) is 19.3 Å². The molecule has 1 atom stereocenters. The Morgan fingerprint density at radius 3 is 2.75 bits per heavy atom. The summed E-state index contributed by atoms with van der Waals surface area (Å²) in [6.07, 6.45) is 5.46. The molecule has 0 aromatic rings. The summed E-state index contributed by atoms with van der Waals surface area (Å²) < 4.78 is 0. The third-order valence-corrected chi connectivity index (χ3v) is 1.75. The molecule has 8 heavy (non-hydrogen) atoms. The average molecular weight is 111 g/mol. The highest BCUT2D eigenvalue weighted by Crippen LogP contribution is 2.23. The highest BCUT2D eigenvalue weighted by Gasteiger charge is 2.18. The summed E-state index contributed by atoms with van der Waals surface area (Å²) in [5, 5.41) is 0. The van der Waals surface area contributed by atoms with Crippen LogP contribution in [0.3, 0.4) is 0 Å². The first kappa shape index (κ1) is 5.80. The van der Waals surface area contributed by atoms with Gasteiger partial charge in [-0.15, -0.1) is 0 Å². The molecule has 0 heterocycles. The van der Waals surface area contributed by atoms with Crippen LogP contribution in [-0.4, -0.2) is 5.78 Å². The fraction of sp³-hybridized carbons (Fsp3) is 0.714. The van der Waals surface area contributed by atoms with Crippen molar-refractivity contribution in [3.63, 3.8) is 0 Å². The Balaban J connectivity index is 2.35. The van der Waals surface area contributed by atoms with E-state index in [1.54, 1.807) is 6.92 Å². The van der Waals surface area contributed by atoms with Crippen molar-refractivity contribution < 1.29 is 4.79 Å². The van der Waals surface area contributed by atoms with Gasteiger partial charge in [-0.2, -0.15) is 0 Å². The molecule has 0 aromatic heterocycles. The molecule has 0 saturated heterocycles. The van der Waals surface area contributed by atoms with Crippen LogP contribution in [0.1, 0.15) is 26.2 Å². The maximum absolute atomic E-state index is 10.6. The van der Waals surface area contributed by atoms with Crippen molar-refractivity contribution in [2.24, 2.45) is 5.92 Å². The predicted molar refractivity (Wildman–Crippen MR) is 32.3 cm³/mol. The van der Waals surface area contributed by atoms with Crippen LogP contribution in [0.2, 0.25) is 0 Å². The van der Waals surface area contributed by atoms with Crippen LogP contribution >= 0.6 is 0 Å². The molecule has 1 rings (SSSR count). The van der Waals surface area contributed by atoms with Gasteiger partial charge in [0.1, 0.15) is 5.78 Å². The minimum atomic E-state index is 0.360. The lowest BCUT2D eigenvalue weighted by atomic mass is 10.0. The molecule has 45 valence electrons. The fourth-order valence-electron chi connectivity index (χ4n) is 1.13. The quantitative estimate of drug-likeness (QED) is 0.502. The molecule has 0 spiro atoms. The summed E-state index contributed by atoms with van der Waals surface area (Å²) in [6.45, 7) is 1.68. The predicted octanol–water partition coefficient (Wildman–Crippen LogP) is 1.58. The largest absolute Gasteiger partial charge is 0.300 e. The Morgan fingerprint density at radius 1 is 1.75 bits per heavy atom. The van der Waals surface area contributed by atoms with E-state index in [9.17, 15) is 4.79 Å². The zero-order valence-corrected chi connectivity index (χ0v) is 5.18. The Bertz CT molecular complexity index is 90.6. The second kappa shape index (κ2) is 2.29. The van der Waals surface area contributed by atoms with Gasteiger partial charge in [0.15, 0.2) is 0 Å². The van der Waals surface area contributed by atoms with Crippen LogP contribution in [0.25, 0.3) is 0 Å². The van der Waals surface area contributed by atoms with Crippen LogP contribution < -0.4 is 0 Å². The molecule has 1 aliphatic rings. The molecule has 1 radical (unpaired) electrons. The van der Waals surface area contributed by atoms with Gasteiger partial charge in [0, 0.05) is 5.92 Å². The van der Waals surface area contributed by atoms with Crippen molar-refractivity contribution in [2.75, 3.05) is 0 Å². The number of hydrogen-bond donors (Lipinski definition) is 0. The van der Waals surface area contributed by atoms with E-state index in [-0.39, 0.29) is 0 Å². The molecular formula is C7H11O. The highest BCUT2D eigenvalue weighted by molar-refractivity contribution is 5.78. The van der Waals surface area contributed by atoms with Crippen LogP contribution in [0.5, 0.6) is 0 Å². The average Bonchev–Trinajstić information content (AvgIpc) is 2.12. The van der Waals surface area contributed by atoms with E-state index >= 15 is 0 Å². The van der Waals surface area contributed by atoms with Crippen LogP contribution in [0, 0.1) is 12.3 Å². The SMILES string of the molecule is CC(=O)C1C[CH]CC1. The lowest BCUT2D eigenvalue weighted by Gasteiger charge is -1.99. The summed E-state index contributed by atoms with van der Waals surface area (Å²) in [6, 6.07) is 0. The third-order valence-electron chi connectivity index (χ3n) is 1.75. The maximum Gasteiger partial charge on any atom is 0.132 e. The van der Waals surface area contributed by atoms with E-state index in [1.807, 2.05) is 0 Å². The Labute approximate surface area is 50.1 Å². The van der Waals surface area contributed by atoms with Crippen molar-refractivity contribution in [1.82, 2.24) is 0 Å². The van der Waals surface area contributed by atoms with Crippen LogP contribution in [-0.2, 0) is 4.79 Å². The molecule has 0 bridgehead atoms. The molecule has 0 amide bonds. The molecule has 0 aromatic carbocycles. The van der Waals surface area contributed by atoms with E-state index < -0.39 is 0 Å². The smallest absolute Gasteiger partial charge is 0.132 e. The van der Waals surface area contributed by atoms with Gasteiger partial charge in [-0.25, -0.2) is 0 Å². The minimum Gasteiger partial charge on any atom is -0.300 e. The number of hydrogen-bond acceptors (Lipinski definition) is 1. The van der Waals surface area contributed by atoms with Crippen LogP contribution in [0.15, 0.2) is 0 Å². The van der Waals surface area contributed by atoms with Gasteiger partial charge >= 0.3 is 0 Å². The van der Waals surface area contributed by atoms with Gasteiger partial charge < -0.3 is 0 Å². The van der Waals surface area contributed by atoms with Gasteiger partial charge in [0.25, 0.3) is 0 Å². The number of rotatable bonds is 1. The Morgan fingerprint density at radius 2 is 2.50 bits per heavy atom. The second-order valence-corrected chi connectivity index (χ2v) is 2.41. The molecule has 1 saturated carbocycles. The number of Topliss-reactive ketones (excluding diaryl/α,β-unsaturated/α-hetero) is 1. The number of carbonyl (C=O) groups is 1. The monoisotopic (exact) mass is 111 g/mol. The van der Waals surface area contributed by atoms with E-state index in [4.69, 9.17) is 0 Å². The van der Waals surface area contributed by atoms with E-state index in [2.05, 4.69) is 6.42 Å². The van der Waals surface area contributed by atoms with Gasteiger partial charge in [-0.3, -0.25) is 4.79 Å².